The number of rotatable bonds is 11. The smallest absolute Gasteiger partial charge is 0.0589 e. The van der Waals surface area contributed by atoms with E-state index in [9.17, 15) is 0 Å². The summed E-state index contributed by atoms with van der Waals surface area (Å²) in [5.74, 6) is 0. The van der Waals surface area contributed by atoms with Crippen molar-refractivity contribution in [2.75, 3.05) is 53.6 Å². The lowest BCUT2D eigenvalue weighted by Crippen LogP contribution is -2.31. The molecule has 1 aliphatic rings. The predicted molar refractivity (Wildman–Crippen MR) is 75.1 cm³/mol. The van der Waals surface area contributed by atoms with E-state index in [0.29, 0.717) is 0 Å². The van der Waals surface area contributed by atoms with E-state index >= 15 is 0 Å². The van der Waals surface area contributed by atoms with Crippen molar-refractivity contribution in [3.05, 3.63) is 0 Å². The summed E-state index contributed by atoms with van der Waals surface area (Å²) < 4.78 is 10.3. The fourth-order valence-electron chi connectivity index (χ4n) is 2.55. The largest absolute Gasteiger partial charge is 0.385 e. The highest BCUT2D eigenvalue weighted by atomic mass is 16.5. The third kappa shape index (κ3) is 7.31. The van der Waals surface area contributed by atoms with Crippen LogP contribution in [0.2, 0.25) is 0 Å². The van der Waals surface area contributed by atoms with Crippen LogP contribution in [0.25, 0.3) is 0 Å². The summed E-state index contributed by atoms with van der Waals surface area (Å²) in [5.41, 5.74) is 0. The Balaban J connectivity index is 2.08. The summed E-state index contributed by atoms with van der Waals surface area (Å²) in [4.78, 5) is 2.50. The van der Waals surface area contributed by atoms with Crippen molar-refractivity contribution < 1.29 is 9.47 Å². The zero-order valence-electron chi connectivity index (χ0n) is 12.1. The van der Waals surface area contributed by atoms with E-state index in [2.05, 4.69) is 10.2 Å². The van der Waals surface area contributed by atoms with E-state index in [1.165, 1.54) is 38.8 Å². The maximum absolute atomic E-state index is 5.17. The fraction of sp³-hybridized carbons (Fsp3) is 1.00. The molecule has 0 aliphatic carbocycles. The highest BCUT2D eigenvalue weighted by Crippen LogP contribution is 2.11. The van der Waals surface area contributed by atoms with Gasteiger partial charge in [-0.2, -0.15) is 0 Å². The van der Waals surface area contributed by atoms with Gasteiger partial charge in [0.1, 0.15) is 0 Å². The summed E-state index contributed by atoms with van der Waals surface area (Å²) in [6.45, 7) is 6.24. The zero-order valence-corrected chi connectivity index (χ0v) is 12.1. The van der Waals surface area contributed by atoms with Gasteiger partial charge >= 0.3 is 0 Å². The molecule has 0 spiro atoms. The van der Waals surface area contributed by atoms with Crippen molar-refractivity contribution in [1.82, 2.24) is 10.2 Å². The highest BCUT2D eigenvalue weighted by molar-refractivity contribution is 4.74. The zero-order chi connectivity index (χ0) is 13.1. The Bertz CT molecular complexity index is 185. The van der Waals surface area contributed by atoms with Crippen LogP contribution in [0.5, 0.6) is 0 Å². The minimum absolute atomic E-state index is 0.772. The van der Waals surface area contributed by atoms with E-state index in [0.717, 1.165) is 38.8 Å². The molecule has 0 aromatic heterocycles. The standard InChI is InChI=1S/C14H30N2O2/c1-17-12-5-10-16(11-13-18-2)9-4-7-14-6-3-8-15-14/h14-15H,3-13H2,1-2H3. The van der Waals surface area contributed by atoms with Gasteiger partial charge in [-0.1, -0.05) is 0 Å². The van der Waals surface area contributed by atoms with Crippen LogP contribution < -0.4 is 5.32 Å². The lowest BCUT2D eigenvalue weighted by molar-refractivity contribution is 0.131. The average molecular weight is 258 g/mol. The third-order valence-electron chi connectivity index (χ3n) is 3.62. The van der Waals surface area contributed by atoms with Crippen molar-refractivity contribution in [1.29, 1.82) is 0 Å². The number of nitrogens with one attached hydrogen (secondary N) is 1. The minimum Gasteiger partial charge on any atom is -0.385 e. The molecule has 1 heterocycles. The van der Waals surface area contributed by atoms with Crippen LogP contribution in [0.3, 0.4) is 0 Å². The van der Waals surface area contributed by atoms with Gasteiger partial charge in [0.15, 0.2) is 0 Å². The molecule has 4 heteroatoms. The van der Waals surface area contributed by atoms with E-state index in [1.54, 1.807) is 14.2 Å². The number of hydrogen-bond donors (Lipinski definition) is 1. The van der Waals surface area contributed by atoms with Crippen LogP contribution in [-0.4, -0.2) is 64.6 Å². The van der Waals surface area contributed by atoms with Crippen molar-refractivity contribution in [2.45, 2.75) is 38.1 Å². The molecule has 0 aromatic rings. The molecule has 108 valence electrons. The van der Waals surface area contributed by atoms with Crippen molar-refractivity contribution >= 4 is 0 Å². The Hall–Kier alpha value is -0.160. The molecule has 0 saturated carbocycles. The van der Waals surface area contributed by atoms with Gasteiger partial charge in [-0.3, -0.25) is 0 Å². The van der Waals surface area contributed by atoms with Crippen LogP contribution >= 0.6 is 0 Å². The second kappa shape index (κ2) is 10.7. The highest BCUT2D eigenvalue weighted by Gasteiger charge is 2.13. The maximum Gasteiger partial charge on any atom is 0.0589 e. The van der Waals surface area contributed by atoms with Gasteiger partial charge < -0.3 is 19.7 Å². The molecule has 0 radical (unpaired) electrons. The summed E-state index contributed by atoms with van der Waals surface area (Å²) in [7, 11) is 3.54. The Kier molecular flexibility index (Phi) is 9.48. The molecule has 1 N–H and O–H groups in total. The Morgan fingerprint density at radius 3 is 2.50 bits per heavy atom. The number of hydrogen-bond acceptors (Lipinski definition) is 4. The maximum atomic E-state index is 5.17. The molecule has 18 heavy (non-hydrogen) atoms. The molecular formula is C14H30N2O2. The van der Waals surface area contributed by atoms with E-state index in [4.69, 9.17) is 9.47 Å². The summed E-state index contributed by atoms with van der Waals surface area (Å²) in [6, 6.07) is 0.772. The lowest BCUT2D eigenvalue weighted by Gasteiger charge is -2.22. The topological polar surface area (TPSA) is 33.7 Å². The van der Waals surface area contributed by atoms with Crippen LogP contribution in [0.4, 0.5) is 0 Å². The monoisotopic (exact) mass is 258 g/mol. The molecule has 1 unspecified atom stereocenters. The molecule has 1 aliphatic heterocycles. The molecule has 1 fully saturated rings. The summed E-state index contributed by atoms with van der Waals surface area (Å²) in [6.07, 6.45) is 6.43. The van der Waals surface area contributed by atoms with Gasteiger partial charge in [0.05, 0.1) is 6.61 Å². The second-order valence-electron chi connectivity index (χ2n) is 5.12. The Labute approximate surface area is 112 Å². The Morgan fingerprint density at radius 2 is 1.83 bits per heavy atom. The molecule has 0 amide bonds. The normalized spacial score (nSPS) is 19.8. The van der Waals surface area contributed by atoms with E-state index in [-0.39, 0.29) is 0 Å². The molecule has 0 aromatic carbocycles. The molecular weight excluding hydrogens is 228 g/mol. The first-order valence-corrected chi connectivity index (χ1v) is 7.30. The van der Waals surface area contributed by atoms with Crippen LogP contribution in [0.1, 0.15) is 32.1 Å². The van der Waals surface area contributed by atoms with Gasteiger partial charge in [-0.05, 0) is 45.2 Å². The molecule has 4 nitrogen and oxygen atoms in total. The van der Waals surface area contributed by atoms with Gasteiger partial charge in [-0.25, -0.2) is 0 Å². The van der Waals surface area contributed by atoms with E-state index in [1.807, 2.05) is 0 Å². The fourth-order valence-corrected chi connectivity index (χ4v) is 2.55. The van der Waals surface area contributed by atoms with Crippen molar-refractivity contribution in [3.8, 4) is 0 Å². The molecule has 1 rings (SSSR count). The summed E-state index contributed by atoms with van der Waals surface area (Å²) in [5, 5.41) is 3.56. The van der Waals surface area contributed by atoms with Crippen LogP contribution in [-0.2, 0) is 9.47 Å². The minimum atomic E-state index is 0.772. The number of nitrogens with zero attached hydrogens (tertiary/aromatic N) is 1. The first-order chi connectivity index (χ1) is 8.86. The van der Waals surface area contributed by atoms with E-state index < -0.39 is 0 Å². The molecule has 0 bridgehead atoms. The SMILES string of the molecule is COCCCN(CCCC1CCCN1)CCOC. The van der Waals surface area contributed by atoms with Crippen LogP contribution in [0.15, 0.2) is 0 Å². The quantitative estimate of drug-likeness (QED) is 0.570. The molecule has 1 saturated heterocycles. The molecule has 1 atom stereocenters. The average Bonchev–Trinajstić information content (AvgIpc) is 2.88. The number of ether oxygens (including phenoxy) is 2. The van der Waals surface area contributed by atoms with Gasteiger partial charge in [-0.15, -0.1) is 0 Å². The Morgan fingerprint density at radius 1 is 1.06 bits per heavy atom. The van der Waals surface area contributed by atoms with Crippen LogP contribution in [0, 0.1) is 0 Å². The predicted octanol–water partition coefficient (Wildman–Crippen LogP) is 1.50. The summed E-state index contributed by atoms with van der Waals surface area (Å²) >= 11 is 0. The third-order valence-corrected chi connectivity index (χ3v) is 3.62. The first-order valence-electron chi connectivity index (χ1n) is 7.30. The number of methoxy groups -OCH3 is 2. The lowest BCUT2D eigenvalue weighted by atomic mass is 10.1. The van der Waals surface area contributed by atoms with Crippen molar-refractivity contribution in [3.63, 3.8) is 0 Å². The first kappa shape index (κ1) is 15.9. The van der Waals surface area contributed by atoms with Gasteiger partial charge in [0.25, 0.3) is 0 Å². The van der Waals surface area contributed by atoms with Gasteiger partial charge in [0.2, 0.25) is 0 Å². The second-order valence-corrected chi connectivity index (χ2v) is 5.12. The van der Waals surface area contributed by atoms with Crippen molar-refractivity contribution in [2.24, 2.45) is 0 Å². The van der Waals surface area contributed by atoms with Gasteiger partial charge in [0, 0.05) is 40.0 Å².